The Morgan fingerprint density at radius 1 is 1.04 bits per heavy atom. The molecule has 12 heteroatoms. The molecule has 1 atom stereocenters. The van der Waals surface area contributed by atoms with E-state index in [4.69, 9.17) is 25.5 Å². The Bertz CT molecular complexity index is 394. The predicted octanol–water partition coefficient (Wildman–Crippen LogP) is 1.52. The molecule has 1 rings (SSSR count). The van der Waals surface area contributed by atoms with E-state index in [1.807, 2.05) is 0 Å². The fraction of sp³-hybridized carbons (Fsp3) is 0.636. The van der Waals surface area contributed by atoms with Crippen LogP contribution in [0.3, 0.4) is 0 Å². The smallest absolute Gasteiger partial charge is 0.475 e. The minimum Gasteiger partial charge on any atom is -0.475 e. The molecule has 1 aliphatic heterocycles. The normalized spacial score (nSPS) is 21.0. The molecule has 0 amide bonds. The Kier molecular flexibility index (Phi) is 9.53. The van der Waals surface area contributed by atoms with Gasteiger partial charge >= 0.3 is 24.3 Å². The van der Waals surface area contributed by atoms with Gasteiger partial charge in [-0.1, -0.05) is 12.2 Å². The topological polar surface area (TPSA) is 113 Å². The zero-order valence-corrected chi connectivity index (χ0v) is 11.8. The van der Waals surface area contributed by atoms with E-state index in [1.165, 1.54) is 0 Å². The summed E-state index contributed by atoms with van der Waals surface area (Å²) < 4.78 is 63.5. The molecule has 1 heterocycles. The maximum absolute atomic E-state index is 10.6. The maximum Gasteiger partial charge on any atom is 0.490 e. The van der Waals surface area contributed by atoms with Gasteiger partial charge in [-0.3, -0.25) is 0 Å². The highest BCUT2D eigenvalue weighted by molar-refractivity contribution is 5.73. The third-order valence-corrected chi connectivity index (χ3v) is 2.03. The molecule has 0 fully saturated rings. The van der Waals surface area contributed by atoms with Crippen LogP contribution in [0.25, 0.3) is 0 Å². The number of carboxylic acids is 2. The van der Waals surface area contributed by atoms with E-state index in [2.05, 4.69) is 24.4 Å². The first-order valence-corrected chi connectivity index (χ1v) is 5.84. The molecule has 0 spiro atoms. The minimum absolute atomic E-state index is 0.0347. The number of carbonyl (C=O) groups is 2. The van der Waals surface area contributed by atoms with Gasteiger partial charge in [-0.05, 0) is 13.3 Å². The second-order valence-corrected chi connectivity index (χ2v) is 4.57. The van der Waals surface area contributed by atoms with Gasteiger partial charge in [0, 0.05) is 18.6 Å². The standard InChI is InChI=1S/C7H14N2.2C2HF3O2/c1-7(8)4-2-3-5-9-6-7;2*3-2(4,5)1(6)7/h2-3,9H,4-6,8H2,1H3;2*(H,6,7)/t7-;;/m0../s1. The van der Waals surface area contributed by atoms with E-state index in [-0.39, 0.29) is 5.54 Å². The van der Waals surface area contributed by atoms with E-state index in [0.717, 1.165) is 19.5 Å². The van der Waals surface area contributed by atoms with E-state index in [1.54, 1.807) is 0 Å². The van der Waals surface area contributed by atoms with Crippen LogP contribution in [-0.4, -0.2) is 53.1 Å². The van der Waals surface area contributed by atoms with Crippen molar-refractivity contribution < 1.29 is 46.1 Å². The van der Waals surface area contributed by atoms with Gasteiger partial charge in [0.05, 0.1) is 0 Å². The molecule has 6 nitrogen and oxygen atoms in total. The van der Waals surface area contributed by atoms with Crippen LogP contribution in [0.4, 0.5) is 26.3 Å². The van der Waals surface area contributed by atoms with Gasteiger partial charge in [-0.15, -0.1) is 0 Å². The van der Waals surface area contributed by atoms with Gasteiger partial charge in [0.1, 0.15) is 0 Å². The molecule has 0 aromatic carbocycles. The molecule has 0 radical (unpaired) electrons. The molecule has 0 unspecified atom stereocenters. The number of nitrogens with two attached hydrogens (primary N) is 1. The van der Waals surface area contributed by atoms with Crippen molar-refractivity contribution in [3.8, 4) is 0 Å². The van der Waals surface area contributed by atoms with Crippen molar-refractivity contribution in [2.24, 2.45) is 5.73 Å². The van der Waals surface area contributed by atoms with Crippen molar-refractivity contribution >= 4 is 11.9 Å². The van der Waals surface area contributed by atoms with Crippen LogP contribution in [0.5, 0.6) is 0 Å². The lowest BCUT2D eigenvalue weighted by molar-refractivity contribution is -0.193. The third kappa shape index (κ3) is 14.9. The lowest BCUT2D eigenvalue weighted by Gasteiger charge is -2.20. The highest BCUT2D eigenvalue weighted by Gasteiger charge is 2.38. The number of rotatable bonds is 0. The summed E-state index contributed by atoms with van der Waals surface area (Å²) in [5, 5.41) is 17.5. The number of aliphatic carboxylic acids is 2. The number of carboxylic acid groups (broad SMARTS) is 2. The summed E-state index contributed by atoms with van der Waals surface area (Å²) in [5.74, 6) is -5.51. The second kappa shape index (κ2) is 9.35. The Labute approximate surface area is 126 Å². The Morgan fingerprint density at radius 3 is 1.70 bits per heavy atom. The predicted molar refractivity (Wildman–Crippen MR) is 66.6 cm³/mol. The van der Waals surface area contributed by atoms with E-state index >= 15 is 0 Å². The van der Waals surface area contributed by atoms with Crippen molar-refractivity contribution in [1.29, 1.82) is 0 Å². The van der Waals surface area contributed by atoms with Crippen molar-refractivity contribution in [2.45, 2.75) is 31.2 Å². The van der Waals surface area contributed by atoms with Crippen molar-refractivity contribution in [3.05, 3.63) is 12.2 Å². The first-order chi connectivity index (χ1) is 10.1. The summed E-state index contributed by atoms with van der Waals surface area (Å²) in [7, 11) is 0. The molecular formula is C11H16F6N2O4. The van der Waals surface area contributed by atoms with Crippen LogP contribution in [0, 0.1) is 0 Å². The highest BCUT2D eigenvalue weighted by atomic mass is 19.4. The summed E-state index contributed by atoms with van der Waals surface area (Å²) in [6.45, 7) is 3.95. The largest absolute Gasteiger partial charge is 0.490 e. The summed E-state index contributed by atoms with van der Waals surface area (Å²) in [6.07, 6.45) is -4.92. The first-order valence-electron chi connectivity index (χ1n) is 5.84. The van der Waals surface area contributed by atoms with Crippen LogP contribution in [-0.2, 0) is 9.59 Å². The van der Waals surface area contributed by atoms with Crippen LogP contribution < -0.4 is 11.1 Å². The first kappa shape index (κ1) is 23.4. The Hall–Kier alpha value is -1.82. The minimum atomic E-state index is -5.08. The number of hydrogen-bond acceptors (Lipinski definition) is 4. The molecule has 5 N–H and O–H groups in total. The van der Waals surface area contributed by atoms with Crippen molar-refractivity contribution in [2.75, 3.05) is 13.1 Å². The molecule has 0 saturated heterocycles. The number of hydrogen-bond donors (Lipinski definition) is 4. The lowest BCUT2D eigenvalue weighted by atomic mass is 10.0. The molecule has 0 aromatic heterocycles. The van der Waals surface area contributed by atoms with Gasteiger partial charge < -0.3 is 21.3 Å². The number of nitrogens with one attached hydrogen (secondary N) is 1. The van der Waals surface area contributed by atoms with Gasteiger partial charge in [0.15, 0.2) is 0 Å². The Morgan fingerprint density at radius 2 is 1.39 bits per heavy atom. The molecule has 0 aromatic rings. The van der Waals surface area contributed by atoms with Gasteiger partial charge in [0.25, 0.3) is 0 Å². The summed E-state index contributed by atoms with van der Waals surface area (Å²) in [4.78, 5) is 17.8. The zero-order chi connectivity index (χ0) is 18.9. The van der Waals surface area contributed by atoms with Gasteiger partial charge in [-0.25, -0.2) is 9.59 Å². The fourth-order valence-electron chi connectivity index (χ4n) is 0.949. The van der Waals surface area contributed by atoms with Gasteiger partial charge in [0.2, 0.25) is 0 Å². The van der Waals surface area contributed by atoms with Crippen molar-refractivity contribution in [3.63, 3.8) is 0 Å². The molecule has 0 saturated carbocycles. The van der Waals surface area contributed by atoms with E-state index in [9.17, 15) is 26.3 Å². The summed E-state index contributed by atoms with van der Waals surface area (Å²) in [6, 6.07) is 0. The highest BCUT2D eigenvalue weighted by Crippen LogP contribution is 2.13. The SMILES string of the molecule is C[C@]1(N)CC=CCNC1.O=C(O)C(F)(F)F.O=C(O)C(F)(F)F. The molecule has 0 bridgehead atoms. The fourth-order valence-corrected chi connectivity index (χ4v) is 0.949. The van der Waals surface area contributed by atoms with Gasteiger partial charge in [-0.2, -0.15) is 26.3 Å². The van der Waals surface area contributed by atoms with Crippen LogP contribution in [0.2, 0.25) is 0 Å². The number of halogens is 6. The molecule has 1 aliphatic rings. The van der Waals surface area contributed by atoms with Crippen LogP contribution >= 0.6 is 0 Å². The molecule has 0 aliphatic carbocycles. The average molecular weight is 354 g/mol. The average Bonchev–Trinajstić information content (AvgIpc) is 2.51. The number of alkyl halides is 6. The molecular weight excluding hydrogens is 338 g/mol. The van der Waals surface area contributed by atoms with Crippen molar-refractivity contribution in [1.82, 2.24) is 5.32 Å². The van der Waals surface area contributed by atoms with E-state index < -0.39 is 24.3 Å². The maximum atomic E-state index is 10.6. The van der Waals surface area contributed by atoms with E-state index in [0.29, 0.717) is 0 Å². The molecule has 136 valence electrons. The molecule has 23 heavy (non-hydrogen) atoms. The summed E-state index contributed by atoms with van der Waals surface area (Å²) in [5.41, 5.74) is 5.83. The van der Waals surface area contributed by atoms with Crippen LogP contribution in [0.15, 0.2) is 12.2 Å². The summed E-state index contributed by atoms with van der Waals surface area (Å²) >= 11 is 0. The second-order valence-electron chi connectivity index (χ2n) is 4.57. The Balaban J connectivity index is 0. The van der Waals surface area contributed by atoms with Crippen LogP contribution in [0.1, 0.15) is 13.3 Å². The zero-order valence-electron chi connectivity index (χ0n) is 11.8. The monoisotopic (exact) mass is 354 g/mol. The quantitative estimate of drug-likeness (QED) is 0.388. The lowest BCUT2D eigenvalue weighted by Crippen LogP contribution is -2.44. The third-order valence-electron chi connectivity index (χ3n) is 2.03.